The lowest BCUT2D eigenvalue weighted by Gasteiger charge is -2.21. The zero-order valence-electron chi connectivity index (χ0n) is 5.33. The van der Waals surface area contributed by atoms with Crippen molar-refractivity contribution in [2.75, 3.05) is 0 Å². The highest BCUT2D eigenvalue weighted by Crippen LogP contribution is 2.33. The lowest BCUT2D eigenvalue weighted by atomic mass is 10.3. The fourth-order valence-corrected chi connectivity index (χ4v) is 2.40. The maximum atomic E-state index is 5.53. The van der Waals surface area contributed by atoms with Crippen LogP contribution in [0.1, 0.15) is 13.3 Å². The molecule has 1 unspecified atom stereocenters. The summed E-state index contributed by atoms with van der Waals surface area (Å²) in [5.74, 6) is 0. The first-order valence-corrected chi connectivity index (χ1v) is 4.57. The van der Waals surface area contributed by atoms with Gasteiger partial charge in [0, 0.05) is 0 Å². The van der Waals surface area contributed by atoms with Gasteiger partial charge in [-0.25, -0.2) is 0 Å². The summed E-state index contributed by atoms with van der Waals surface area (Å²) in [4.78, 5) is 0. The second-order valence-electron chi connectivity index (χ2n) is 1.67. The highest BCUT2D eigenvalue weighted by atomic mass is 35.6. The molecule has 0 fully saturated rings. The van der Waals surface area contributed by atoms with E-state index in [1.807, 2.05) is 6.92 Å². The molecule has 0 spiro atoms. The first kappa shape index (κ1) is 10.0. The lowest BCUT2D eigenvalue weighted by molar-refractivity contribution is 0.221. The smallest absolute Gasteiger partial charge is 0.214 e. The molecule has 0 heterocycles. The monoisotopic (exact) mass is 206 g/mol. The molecule has 56 valence electrons. The Morgan fingerprint density at radius 1 is 1.56 bits per heavy atom. The summed E-state index contributed by atoms with van der Waals surface area (Å²) < 4.78 is 3.75. The molecule has 0 rings (SSSR count). The van der Waals surface area contributed by atoms with Crippen molar-refractivity contribution < 1.29 is 4.43 Å². The fourth-order valence-electron chi connectivity index (χ4n) is 0.532. The van der Waals surface area contributed by atoms with Gasteiger partial charge in [-0.2, -0.15) is 0 Å². The van der Waals surface area contributed by atoms with Gasteiger partial charge in [0.05, 0.1) is 6.10 Å². The van der Waals surface area contributed by atoms with Gasteiger partial charge < -0.3 is 4.43 Å². The Bertz CT molecular complexity index is 78.4. The van der Waals surface area contributed by atoms with Crippen molar-refractivity contribution in [2.45, 2.75) is 23.2 Å². The number of alkyl halides is 3. The molecule has 0 N–H and O–H groups in total. The molecular formula is C4H9Cl3OSi. The molecule has 1 atom stereocenters. The molecule has 1 nitrogen and oxygen atoms in total. The quantitative estimate of drug-likeness (QED) is 0.492. The van der Waals surface area contributed by atoms with E-state index in [0.29, 0.717) is 10.5 Å². The Balaban J connectivity index is 3.79. The van der Waals surface area contributed by atoms with Crippen LogP contribution in [0, 0.1) is 0 Å². The molecule has 5 heteroatoms. The molecule has 0 amide bonds. The van der Waals surface area contributed by atoms with Crippen LogP contribution in [0.5, 0.6) is 0 Å². The topological polar surface area (TPSA) is 9.23 Å². The van der Waals surface area contributed by atoms with Crippen molar-refractivity contribution in [3.63, 3.8) is 0 Å². The highest BCUT2D eigenvalue weighted by Gasteiger charge is 2.30. The molecule has 0 bridgehead atoms. The standard InChI is InChI=1S/C4H9Cl3OSi/c1-2-3(8-9)4(5,6)7/h3H,2H2,1,9H3. The van der Waals surface area contributed by atoms with Gasteiger partial charge in [0.25, 0.3) is 0 Å². The van der Waals surface area contributed by atoms with E-state index in [1.165, 1.54) is 0 Å². The van der Waals surface area contributed by atoms with Gasteiger partial charge in [-0.05, 0) is 6.42 Å². The third kappa shape index (κ3) is 3.68. The van der Waals surface area contributed by atoms with Crippen LogP contribution in [0.3, 0.4) is 0 Å². The van der Waals surface area contributed by atoms with Crippen molar-refractivity contribution in [3.05, 3.63) is 0 Å². The van der Waals surface area contributed by atoms with Crippen molar-refractivity contribution in [1.29, 1.82) is 0 Å². The van der Waals surface area contributed by atoms with Crippen molar-refractivity contribution >= 4 is 45.3 Å². The second kappa shape index (κ2) is 4.04. The molecule has 0 saturated heterocycles. The van der Waals surface area contributed by atoms with E-state index >= 15 is 0 Å². The van der Waals surface area contributed by atoms with Crippen molar-refractivity contribution in [2.24, 2.45) is 0 Å². The molecule has 0 aliphatic rings. The van der Waals surface area contributed by atoms with Gasteiger partial charge in [0.2, 0.25) is 3.79 Å². The Kier molecular flexibility index (Phi) is 4.51. The first-order valence-electron chi connectivity index (χ1n) is 2.61. The number of halogens is 3. The lowest BCUT2D eigenvalue weighted by Crippen LogP contribution is -2.26. The molecule has 0 radical (unpaired) electrons. The minimum Gasteiger partial charge on any atom is -0.421 e. The van der Waals surface area contributed by atoms with Gasteiger partial charge in [-0.1, -0.05) is 41.7 Å². The van der Waals surface area contributed by atoms with Crippen LogP contribution in [0.4, 0.5) is 0 Å². The van der Waals surface area contributed by atoms with Gasteiger partial charge in [0.1, 0.15) is 10.5 Å². The Morgan fingerprint density at radius 3 is 2.00 bits per heavy atom. The van der Waals surface area contributed by atoms with Gasteiger partial charge in [-0.3, -0.25) is 0 Å². The minimum absolute atomic E-state index is 0.242. The van der Waals surface area contributed by atoms with E-state index < -0.39 is 3.79 Å². The maximum Gasteiger partial charge on any atom is 0.214 e. The predicted molar refractivity (Wildman–Crippen MR) is 45.4 cm³/mol. The molecule has 0 aromatic heterocycles. The van der Waals surface area contributed by atoms with E-state index in [9.17, 15) is 0 Å². The summed E-state index contributed by atoms with van der Waals surface area (Å²) in [5.41, 5.74) is 0. The number of hydrogen-bond acceptors (Lipinski definition) is 1. The normalized spacial score (nSPS) is 16.0. The minimum atomic E-state index is -1.25. The van der Waals surface area contributed by atoms with Crippen molar-refractivity contribution in [1.82, 2.24) is 0 Å². The summed E-state index contributed by atoms with van der Waals surface area (Å²) in [6.45, 7) is 1.92. The van der Waals surface area contributed by atoms with Crippen LogP contribution in [0.15, 0.2) is 0 Å². The third-order valence-electron chi connectivity index (χ3n) is 1.02. The summed E-state index contributed by atoms with van der Waals surface area (Å²) in [6.07, 6.45) is 0.495. The molecule has 0 saturated carbocycles. The average Bonchev–Trinajstić information content (AvgIpc) is 1.65. The van der Waals surface area contributed by atoms with Gasteiger partial charge in [-0.15, -0.1) is 0 Å². The summed E-state index contributed by atoms with van der Waals surface area (Å²) in [5, 5.41) is 0. The number of hydrogen-bond donors (Lipinski definition) is 0. The van der Waals surface area contributed by atoms with Crippen LogP contribution in [0.25, 0.3) is 0 Å². The number of rotatable bonds is 2. The second-order valence-corrected chi connectivity index (χ2v) is 4.51. The summed E-state index contributed by atoms with van der Waals surface area (Å²) in [7, 11) is 0.609. The predicted octanol–water partition coefficient (Wildman–Crippen LogP) is 1.43. The molecule has 0 aromatic rings. The molecule has 0 aromatic carbocycles. The van der Waals surface area contributed by atoms with Gasteiger partial charge >= 0.3 is 0 Å². The zero-order valence-corrected chi connectivity index (χ0v) is 9.59. The Morgan fingerprint density at radius 2 is 2.00 bits per heavy atom. The largest absolute Gasteiger partial charge is 0.421 e. The summed E-state index contributed by atoms with van der Waals surface area (Å²) in [6, 6.07) is 0. The Labute approximate surface area is 73.2 Å². The molecular weight excluding hydrogens is 198 g/mol. The van der Waals surface area contributed by atoms with E-state index in [-0.39, 0.29) is 6.10 Å². The zero-order chi connectivity index (χ0) is 7.49. The Hall–Kier alpha value is 1.05. The fraction of sp³-hybridized carbons (Fsp3) is 1.00. The van der Waals surface area contributed by atoms with Crippen LogP contribution < -0.4 is 0 Å². The third-order valence-corrected chi connectivity index (χ3v) is 2.32. The van der Waals surface area contributed by atoms with Gasteiger partial charge in [0.15, 0.2) is 0 Å². The van der Waals surface area contributed by atoms with Crippen molar-refractivity contribution in [3.8, 4) is 0 Å². The average molecular weight is 208 g/mol. The van der Waals surface area contributed by atoms with E-state index in [0.717, 1.165) is 6.42 Å². The van der Waals surface area contributed by atoms with E-state index in [1.54, 1.807) is 0 Å². The molecule has 0 aliphatic heterocycles. The van der Waals surface area contributed by atoms with Crippen LogP contribution in [-0.2, 0) is 4.43 Å². The molecule has 9 heavy (non-hydrogen) atoms. The van der Waals surface area contributed by atoms with E-state index in [2.05, 4.69) is 0 Å². The molecule has 0 aliphatic carbocycles. The SMILES string of the molecule is CCC(O[SiH3])C(Cl)(Cl)Cl. The van der Waals surface area contributed by atoms with Crippen LogP contribution in [-0.4, -0.2) is 20.4 Å². The van der Waals surface area contributed by atoms with E-state index in [4.69, 9.17) is 39.2 Å². The maximum absolute atomic E-state index is 5.53. The van der Waals surface area contributed by atoms with Crippen LogP contribution in [0.2, 0.25) is 0 Å². The highest BCUT2D eigenvalue weighted by molar-refractivity contribution is 6.68. The summed E-state index contributed by atoms with van der Waals surface area (Å²) >= 11 is 16.6. The first-order chi connectivity index (χ1) is 4.02. The van der Waals surface area contributed by atoms with Crippen LogP contribution >= 0.6 is 34.8 Å².